The molecule has 2 rings (SSSR count). The molecule has 1 atom stereocenters. The number of aromatic nitrogens is 2. The molecule has 9 nitrogen and oxygen atoms in total. The highest BCUT2D eigenvalue weighted by molar-refractivity contribution is 5.78. The van der Waals surface area contributed by atoms with Gasteiger partial charge in [-0.25, -0.2) is 4.63 Å². The van der Waals surface area contributed by atoms with E-state index in [1.165, 1.54) is 0 Å². The summed E-state index contributed by atoms with van der Waals surface area (Å²) < 4.78 is 9.87. The van der Waals surface area contributed by atoms with Gasteiger partial charge >= 0.3 is 0 Å². The summed E-state index contributed by atoms with van der Waals surface area (Å²) in [5.41, 5.74) is 1.38. The number of ether oxygens (including phenoxy) is 1. The predicted octanol–water partition coefficient (Wildman–Crippen LogP) is -0.337. The zero-order chi connectivity index (χ0) is 16.4. The van der Waals surface area contributed by atoms with Gasteiger partial charge in [0.1, 0.15) is 11.4 Å². The molecule has 0 spiro atoms. The summed E-state index contributed by atoms with van der Waals surface area (Å²) >= 11 is 0. The second-order valence-corrected chi connectivity index (χ2v) is 4.93. The minimum Gasteiger partial charge on any atom is -0.483 e. The molecule has 1 unspecified atom stereocenters. The molecule has 0 bridgehead atoms. The summed E-state index contributed by atoms with van der Waals surface area (Å²) in [7, 11) is 0. The standard InChI is InChI=1S/C12H20N4O3.CH2O2/c1-9(8-16-3-5-18-6-4-16)12(17)13-7-11-10(2)14-19-15-11;2-1-3/h9H,3-8H2,1-2H3,(H,13,17);1H,(H,2,3). The minimum atomic E-state index is -0.250. The maximum atomic E-state index is 12.0. The number of nitrogens with one attached hydrogen (secondary N) is 1. The Bertz CT molecular complexity index is 459. The van der Waals surface area contributed by atoms with Crippen molar-refractivity contribution in [2.24, 2.45) is 5.92 Å². The van der Waals surface area contributed by atoms with E-state index >= 15 is 0 Å². The molecule has 0 radical (unpaired) electrons. The fraction of sp³-hybridized carbons (Fsp3) is 0.692. The van der Waals surface area contributed by atoms with E-state index in [1.807, 2.05) is 6.92 Å². The van der Waals surface area contributed by atoms with Crippen LogP contribution in [0.15, 0.2) is 4.63 Å². The van der Waals surface area contributed by atoms with Crippen LogP contribution in [0.2, 0.25) is 0 Å². The molecule has 9 heteroatoms. The number of aryl methyl sites for hydroxylation is 1. The van der Waals surface area contributed by atoms with Crippen LogP contribution in [0.4, 0.5) is 0 Å². The van der Waals surface area contributed by atoms with Gasteiger partial charge in [0.2, 0.25) is 5.91 Å². The summed E-state index contributed by atoms with van der Waals surface area (Å²) in [5.74, 6) is -0.0350. The Morgan fingerprint density at radius 2 is 2.09 bits per heavy atom. The van der Waals surface area contributed by atoms with Crippen molar-refractivity contribution in [1.29, 1.82) is 0 Å². The summed E-state index contributed by atoms with van der Waals surface area (Å²) in [6, 6.07) is 0. The minimum absolute atomic E-state index is 0.0221. The highest BCUT2D eigenvalue weighted by Gasteiger charge is 2.19. The smallest absolute Gasteiger partial charge is 0.290 e. The molecule has 1 amide bonds. The van der Waals surface area contributed by atoms with Crippen LogP contribution in [-0.2, 0) is 20.9 Å². The van der Waals surface area contributed by atoms with Gasteiger partial charge in [0, 0.05) is 25.6 Å². The van der Waals surface area contributed by atoms with Crippen molar-refractivity contribution in [2.45, 2.75) is 20.4 Å². The van der Waals surface area contributed by atoms with Crippen molar-refractivity contribution in [3.8, 4) is 0 Å². The molecular formula is C13H22N4O5. The van der Waals surface area contributed by atoms with Gasteiger partial charge in [0.25, 0.3) is 6.47 Å². The van der Waals surface area contributed by atoms with E-state index in [-0.39, 0.29) is 18.3 Å². The molecule has 0 aliphatic carbocycles. The Labute approximate surface area is 128 Å². The first-order chi connectivity index (χ1) is 10.6. The van der Waals surface area contributed by atoms with Crippen LogP contribution in [0.3, 0.4) is 0 Å². The molecule has 0 saturated carbocycles. The average molecular weight is 314 g/mol. The number of carbonyl (C=O) groups excluding carboxylic acids is 1. The molecule has 1 aliphatic heterocycles. The van der Waals surface area contributed by atoms with E-state index in [0.717, 1.165) is 32.8 Å². The molecule has 1 aromatic heterocycles. The quantitative estimate of drug-likeness (QED) is 0.709. The van der Waals surface area contributed by atoms with Crippen molar-refractivity contribution in [3.63, 3.8) is 0 Å². The first-order valence-electron chi connectivity index (χ1n) is 7.02. The van der Waals surface area contributed by atoms with Gasteiger partial charge in [-0.1, -0.05) is 17.2 Å². The Morgan fingerprint density at radius 1 is 1.45 bits per heavy atom. The monoisotopic (exact) mass is 314 g/mol. The van der Waals surface area contributed by atoms with Gasteiger partial charge in [-0.3, -0.25) is 14.5 Å². The predicted molar refractivity (Wildman–Crippen MR) is 76.0 cm³/mol. The fourth-order valence-corrected chi connectivity index (χ4v) is 2.01. The SMILES string of the molecule is Cc1nonc1CNC(=O)C(C)CN1CCOCC1.O=CO. The summed E-state index contributed by atoms with van der Waals surface area (Å²) in [6.07, 6.45) is 0. The van der Waals surface area contributed by atoms with E-state index in [4.69, 9.17) is 14.6 Å². The number of carboxylic acid groups (broad SMARTS) is 1. The number of morpholine rings is 1. The first-order valence-corrected chi connectivity index (χ1v) is 7.02. The number of hydrogen-bond donors (Lipinski definition) is 2. The zero-order valence-electron chi connectivity index (χ0n) is 12.8. The van der Waals surface area contributed by atoms with Gasteiger partial charge in [-0.15, -0.1) is 0 Å². The molecule has 1 aromatic rings. The number of rotatable bonds is 5. The van der Waals surface area contributed by atoms with Crippen LogP contribution in [0.25, 0.3) is 0 Å². The zero-order valence-corrected chi connectivity index (χ0v) is 12.8. The highest BCUT2D eigenvalue weighted by atomic mass is 16.6. The van der Waals surface area contributed by atoms with E-state index in [2.05, 4.69) is 25.2 Å². The molecule has 0 aromatic carbocycles. The van der Waals surface area contributed by atoms with Gasteiger partial charge in [-0.05, 0) is 6.92 Å². The largest absolute Gasteiger partial charge is 0.483 e. The van der Waals surface area contributed by atoms with Gasteiger partial charge < -0.3 is 15.2 Å². The van der Waals surface area contributed by atoms with Crippen molar-refractivity contribution < 1.29 is 24.1 Å². The molecule has 1 saturated heterocycles. The van der Waals surface area contributed by atoms with Crippen LogP contribution in [-0.4, -0.2) is 65.5 Å². The van der Waals surface area contributed by atoms with Crippen LogP contribution in [0.1, 0.15) is 18.3 Å². The van der Waals surface area contributed by atoms with E-state index in [0.29, 0.717) is 17.9 Å². The number of hydrogen-bond acceptors (Lipinski definition) is 7. The molecule has 124 valence electrons. The third-order valence-electron chi connectivity index (χ3n) is 3.26. The lowest BCUT2D eigenvalue weighted by Gasteiger charge is -2.28. The number of carbonyl (C=O) groups is 2. The van der Waals surface area contributed by atoms with E-state index < -0.39 is 0 Å². The van der Waals surface area contributed by atoms with Crippen molar-refractivity contribution in [2.75, 3.05) is 32.8 Å². The molecule has 2 heterocycles. The van der Waals surface area contributed by atoms with E-state index in [1.54, 1.807) is 6.92 Å². The Kier molecular flexibility index (Phi) is 8.08. The third kappa shape index (κ3) is 6.19. The lowest BCUT2D eigenvalue weighted by Crippen LogP contribution is -2.42. The van der Waals surface area contributed by atoms with Gasteiger partial charge in [-0.2, -0.15) is 0 Å². The topological polar surface area (TPSA) is 118 Å². The number of nitrogens with zero attached hydrogens (tertiary/aromatic N) is 3. The summed E-state index contributed by atoms with van der Waals surface area (Å²) in [6.45, 7) is 7.88. The Morgan fingerprint density at radius 3 is 2.64 bits per heavy atom. The summed E-state index contributed by atoms with van der Waals surface area (Å²) in [5, 5.41) is 17.2. The maximum absolute atomic E-state index is 12.0. The number of amides is 1. The molecule has 2 N–H and O–H groups in total. The highest BCUT2D eigenvalue weighted by Crippen LogP contribution is 2.05. The molecule has 1 aliphatic rings. The van der Waals surface area contributed by atoms with Gasteiger partial charge in [0.05, 0.1) is 19.8 Å². The van der Waals surface area contributed by atoms with Crippen molar-refractivity contribution in [1.82, 2.24) is 20.5 Å². The van der Waals surface area contributed by atoms with Crippen molar-refractivity contribution >= 4 is 12.4 Å². The molecule has 22 heavy (non-hydrogen) atoms. The third-order valence-corrected chi connectivity index (χ3v) is 3.26. The van der Waals surface area contributed by atoms with Crippen LogP contribution < -0.4 is 5.32 Å². The fourth-order valence-electron chi connectivity index (χ4n) is 2.01. The lowest BCUT2D eigenvalue weighted by molar-refractivity contribution is -0.125. The second kappa shape index (κ2) is 9.85. The second-order valence-electron chi connectivity index (χ2n) is 4.93. The van der Waals surface area contributed by atoms with Crippen LogP contribution >= 0.6 is 0 Å². The van der Waals surface area contributed by atoms with Gasteiger partial charge in [0.15, 0.2) is 0 Å². The van der Waals surface area contributed by atoms with Crippen LogP contribution in [0.5, 0.6) is 0 Å². The molecular weight excluding hydrogens is 292 g/mol. The Hall–Kier alpha value is -2.00. The maximum Gasteiger partial charge on any atom is 0.290 e. The Balaban J connectivity index is 0.000000745. The average Bonchev–Trinajstić information content (AvgIpc) is 2.92. The molecule has 1 fully saturated rings. The first kappa shape index (κ1) is 18.1. The normalized spacial score (nSPS) is 16.3. The lowest BCUT2D eigenvalue weighted by atomic mass is 10.1. The summed E-state index contributed by atoms with van der Waals surface area (Å²) in [4.78, 5) is 22.6. The van der Waals surface area contributed by atoms with E-state index in [9.17, 15) is 4.79 Å². The van der Waals surface area contributed by atoms with Crippen molar-refractivity contribution in [3.05, 3.63) is 11.4 Å². The van der Waals surface area contributed by atoms with Crippen LogP contribution in [0, 0.1) is 12.8 Å².